The van der Waals surface area contributed by atoms with Crippen LogP contribution in [-0.2, 0) is 4.79 Å². The summed E-state index contributed by atoms with van der Waals surface area (Å²) in [5.74, 6) is 0. The predicted octanol–water partition coefficient (Wildman–Crippen LogP) is 3.08. The zero-order chi connectivity index (χ0) is 9.97. The quantitative estimate of drug-likeness (QED) is 0.708. The maximum atomic E-state index is 11.4. The van der Waals surface area contributed by atoms with Crippen molar-refractivity contribution >= 4 is 50.4 Å². The fourth-order valence-corrected chi connectivity index (χ4v) is 2.90. The van der Waals surface area contributed by atoms with Gasteiger partial charge in [0.15, 0.2) is 0 Å². The van der Waals surface area contributed by atoms with Gasteiger partial charge in [-0.2, -0.15) is 0 Å². The summed E-state index contributed by atoms with van der Waals surface area (Å²) in [5, 5.41) is 2.03. The Morgan fingerprint density at radius 3 is 3.00 bits per heavy atom. The van der Waals surface area contributed by atoms with Gasteiger partial charge < -0.3 is 0 Å². The Morgan fingerprint density at radius 1 is 1.57 bits per heavy atom. The smallest absolute Gasteiger partial charge is 0.244 e. The van der Waals surface area contributed by atoms with Gasteiger partial charge in [0, 0.05) is 4.88 Å². The van der Waals surface area contributed by atoms with Gasteiger partial charge in [0.25, 0.3) is 0 Å². The molecule has 1 aliphatic rings. The SMILES string of the molecule is CSC1=N/C(=C\c2cccs2)C(=O)S1. The van der Waals surface area contributed by atoms with Crippen molar-refractivity contribution in [2.75, 3.05) is 6.26 Å². The van der Waals surface area contributed by atoms with Gasteiger partial charge in [0.1, 0.15) is 10.1 Å². The topological polar surface area (TPSA) is 29.4 Å². The molecule has 0 saturated carbocycles. The number of nitrogens with zero attached hydrogens (tertiary/aromatic N) is 1. The molecule has 1 aliphatic heterocycles. The molecule has 1 aromatic heterocycles. The Kier molecular flexibility index (Phi) is 3.10. The lowest BCUT2D eigenvalue weighted by molar-refractivity contribution is -0.107. The van der Waals surface area contributed by atoms with Crippen LogP contribution in [0.1, 0.15) is 4.88 Å². The maximum Gasteiger partial charge on any atom is 0.244 e. The van der Waals surface area contributed by atoms with Gasteiger partial charge in [-0.1, -0.05) is 6.07 Å². The fourth-order valence-electron chi connectivity index (χ4n) is 0.985. The monoisotopic (exact) mass is 241 g/mol. The number of aliphatic imine (C=N–C) groups is 1. The van der Waals surface area contributed by atoms with Gasteiger partial charge >= 0.3 is 0 Å². The van der Waals surface area contributed by atoms with Crippen LogP contribution < -0.4 is 0 Å². The largest absolute Gasteiger partial charge is 0.279 e. The molecule has 0 fully saturated rings. The summed E-state index contributed by atoms with van der Waals surface area (Å²) in [6.45, 7) is 0. The van der Waals surface area contributed by atoms with Crippen molar-refractivity contribution in [1.82, 2.24) is 0 Å². The van der Waals surface area contributed by atoms with E-state index in [4.69, 9.17) is 0 Å². The van der Waals surface area contributed by atoms with E-state index in [2.05, 4.69) is 4.99 Å². The van der Waals surface area contributed by atoms with Crippen molar-refractivity contribution in [2.24, 2.45) is 4.99 Å². The summed E-state index contributed by atoms with van der Waals surface area (Å²) in [4.78, 5) is 16.7. The first-order valence-corrected chi connectivity index (χ1v) is 6.82. The number of carbonyl (C=O) groups excluding carboxylic acids is 1. The van der Waals surface area contributed by atoms with Crippen molar-refractivity contribution in [3.63, 3.8) is 0 Å². The van der Waals surface area contributed by atoms with Crippen LogP contribution in [-0.4, -0.2) is 15.7 Å². The van der Waals surface area contributed by atoms with E-state index in [0.29, 0.717) is 5.70 Å². The average molecular weight is 241 g/mol. The van der Waals surface area contributed by atoms with E-state index in [1.807, 2.05) is 29.8 Å². The maximum absolute atomic E-state index is 11.4. The average Bonchev–Trinajstić information content (AvgIpc) is 2.78. The molecular formula is C9H7NOS3. The molecule has 5 heteroatoms. The minimum absolute atomic E-state index is 0.0442. The molecule has 0 aromatic carbocycles. The highest BCUT2D eigenvalue weighted by molar-refractivity contribution is 8.45. The normalized spacial score (nSPS) is 19.1. The number of hydrogen-bond acceptors (Lipinski definition) is 5. The zero-order valence-corrected chi connectivity index (χ0v) is 9.84. The second-order valence-corrected chi connectivity index (χ2v) is 5.51. The second-order valence-electron chi connectivity index (χ2n) is 2.52. The second kappa shape index (κ2) is 4.33. The van der Waals surface area contributed by atoms with E-state index < -0.39 is 0 Å². The van der Waals surface area contributed by atoms with Crippen molar-refractivity contribution in [1.29, 1.82) is 0 Å². The van der Waals surface area contributed by atoms with Crippen LogP contribution in [0.3, 0.4) is 0 Å². The van der Waals surface area contributed by atoms with Crippen LogP contribution in [0.15, 0.2) is 28.2 Å². The van der Waals surface area contributed by atoms with E-state index in [9.17, 15) is 4.79 Å². The number of carbonyl (C=O) groups is 1. The van der Waals surface area contributed by atoms with Crippen LogP contribution in [0.25, 0.3) is 6.08 Å². The minimum Gasteiger partial charge on any atom is -0.279 e. The molecule has 0 unspecified atom stereocenters. The van der Waals surface area contributed by atoms with E-state index in [1.54, 1.807) is 11.3 Å². The lowest BCUT2D eigenvalue weighted by atomic mass is 10.4. The third-order valence-corrected chi connectivity index (χ3v) is 4.27. The lowest BCUT2D eigenvalue weighted by Gasteiger charge is -1.86. The summed E-state index contributed by atoms with van der Waals surface area (Å²) in [7, 11) is 0. The summed E-state index contributed by atoms with van der Waals surface area (Å²) in [6, 6.07) is 3.94. The van der Waals surface area contributed by atoms with E-state index in [-0.39, 0.29) is 5.12 Å². The molecule has 0 saturated heterocycles. The molecule has 2 heterocycles. The molecule has 2 rings (SSSR count). The van der Waals surface area contributed by atoms with Crippen LogP contribution in [0.2, 0.25) is 0 Å². The molecule has 72 valence electrons. The van der Waals surface area contributed by atoms with Crippen LogP contribution in [0.5, 0.6) is 0 Å². The molecule has 0 amide bonds. The third-order valence-electron chi connectivity index (χ3n) is 1.60. The molecule has 0 spiro atoms. The third kappa shape index (κ3) is 2.10. The lowest BCUT2D eigenvalue weighted by Crippen LogP contribution is -1.86. The molecule has 0 atom stereocenters. The highest BCUT2D eigenvalue weighted by atomic mass is 32.2. The summed E-state index contributed by atoms with van der Waals surface area (Å²) in [5.41, 5.74) is 0.557. The van der Waals surface area contributed by atoms with E-state index in [1.165, 1.54) is 23.5 Å². The standard InChI is InChI=1S/C9H7NOS3/c1-12-9-10-7(8(11)14-9)5-6-3-2-4-13-6/h2-5H,1H3/b7-5-. The highest BCUT2D eigenvalue weighted by Crippen LogP contribution is 2.30. The molecule has 1 aromatic rings. The van der Waals surface area contributed by atoms with Gasteiger partial charge in [-0.3, -0.25) is 4.79 Å². The van der Waals surface area contributed by atoms with Crippen molar-refractivity contribution < 1.29 is 4.79 Å². The molecule has 0 N–H and O–H groups in total. The van der Waals surface area contributed by atoms with Gasteiger partial charge in [0.2, 0.25) is 5.12 Å². The number of thiophene rings is 1. The fraction of sp³-hybridized carbons (Fsp3) is 0.111. The first kappa shape index (κ1) is 10.0. The van der Waals surface area contributed by atoms with Crippen molar-refractivity contribution in [3.8, 4) is 0 Å². The molecule has 2 nitrogen and oxygen atoms in total. The van der Waals surface area contributed by atoms with Gasteiger partial charge in [0.05, 0.1) is 0 Å². The van der Waals surface area contributed by atoms with Crippen LogP contribution >= 0.6 is 34.9 Å². The Hall–Kier alpha value is -0.520. The van der Waals surface area contributed by atoms with Crippen molar-refractivity contribution in [2.45, 2.75) is 0 Å². The molecule has 0 bridgehead atoms. The number of hydrogen-bond donors (Lipinski definition) is 0. The molecular weight excluding hydrogens is 234 g/mol. The van der Waals surface area contributed by atoms with Gasteiger partial charge in [-0.25, -0.2) is 4.99 Å². The predicted molar refractivity (Wildman–Crippen MR) is 65.8 cm³/mol. The number of rotatable bonds is 1. The molecule has 0 aliphatic carbocycles. The molecule has 0 radical (unpaired) electrons. The van der Waals surface area contributed by atoms with E-state index >= 15 is 0 Å². The Balaban J connectivity index is 2.27. The summed E-state index contributed by atoms with van der Waals surface area (Å²) < 4.78 is 0.831. The summed E-state index contributed by atoms with van der Waals surface area (Å²) in [6.07, 6.45) is 3.76. The van der Waals surface area contributed by atoms with Crippen molar-refractivity contribution in [3.05, 3.63) is 28.1 Å². The van der Waals surface area contributed by atoms with E-state index in [0.717, 1.165) is 9.25 Å². The Bertz CT molecular complexity index is 406. The Labute approximate surface area is 94.5 Å². The Morgan fingerprint density at radius 2 is 2.43 bits per heavy atom. The molecule has 14 heavy (non-hydrogen) atoms. The number of thioether (sulfide) groups is 2. The van der Waals surface area contributed by atoms with Gasteiger partial charge in [-0.05, 0) is 35.5 Å². The van der Waals surface area contributed by atoms with Gasteiger partial charge in [-0.15, -0.1) is 23.1 Å². The summed E-state index contributed by atoms with van der Waals surface area (Å²) >= 11 is 4.32. The van der Waals surface area contributed by atoms with Crippen LogP contribution in [0.4, 0.5) is 0 Å². The zero-order valence-electron chi connectivity index (χ0n) is 7.39. The van der Waals surface area contributed by atoms with Crippen LogP contribution in [0, 0.1) is 0 Å². The minimum atomic E-state index is 0.0442. The first-order valence-electron chi connectivity index (χ1n) is 3.89. The first-order chi connectivity index (χ1) is 6.79. The highest BCUT2D eigenvalue weighted by Gasteiger charge is 2.21.